The summed E-state index contributed by atoms with van der Waals surface area (Å²) in [5.74, 6) is -2.28. The summed E-state index contributed by atoms with van der Waals surface area (Å²) < 4.78 is 10.4. The molecular formula is C21H21N3O8. The first-order valence-electron chi connectivity index (χ1n) is 9.21. The van der Waals surface area contributed by atoms with Crippen LogP contribution in [0.2, 0.25) is 0 Å². The van der Waals surface area contributed by atoms with Crippen molar-refractivity contribution in [3.8, 4) is 23.3 Å². The van der Waals surface area contributed by atoms with Gasteiger partial charge < -0.3 is 29.7 Å². The third-order valence-corrected chi connectivity index (χ3v) is 4.48. The lowest BCUT2D eigenvalue weighted by molar-refractivity contribution is -0.386. The topological polar surface area (TPSA) is 166 Å². The first kappa shape index (κ1) is 24.0. The van der Waals surface area contributed by atoms with Gasteiger partial charge in [-0.05, 0) is 12.1 Å². The van der Waals surface area contributed by atoms with Crippen molar-refractivity contribution in [1.82, 2.24) is 4.90 Å². The van der Waals surface area contributed by atoms with Gasteiger partial charge in [0, 0.05) is 24.2 Å². The number of carbonyl (C=O) groups excluding carboxylic acids is 1. The molecule has 0 atom stereocenters. The second-order valence-electron chi connectivity index (χ2n) is 6.48. The van der Waals surface area contributed by atoms with Crippen LogP contribution in [0.3, 0.4) is 0 Å². The maximum absolute atomic E-state index is 12.7. The molecule has 168 valence electrons. The van der Waals surface area contributed by atoms with Crippen LogP contribution in [0.5, 0.6) is 17.2 Å². The van der Waals surface area contributed by atoms with E-state index in [1.165, 1.54) is 7.05 Å². The third-order valence-electron chi connectivity index (χ3n) is 4.48. The third kappa shape index (κ3) is 5.24. The minimum Gasteiger partial charge on any atom is -0.506 e. The monoisotopic (exact) mass is 443 g/mol. The number of methoxy groups -OCH3 is 1. The molecule has 2 rings (SSSR count). The molecule has 2 aromatic rings. The van der Waals surface area contributed by atoms with Gasteiger partial charge in [0.2, 0.25) is 5.75 Å². The van der Waals surface area contributed by atoms with Crippen LogP contribution in [-0.4, -0.2) is 58.4 Å². The molecular weight excluding hydrogens is 422 g/mol. The van der Waals surface area contributed by atoms with E-state index in [2.05, 4.69) is 0 Å². The van der Waals surface area contributed by atoms with Crippen LogP contribution < -0.4 is 9.47 Å². The lowest BCUT2D eigenvalue weighted by Crippen LogP contribution is -2.32. The van der Waals surface area contributed by atoms with Crippen LogP contribution in [0.15, 0.2) is 42.0 Å². The molecule has 0 aliphatic heterocycles. The lowest BCUT2D eigenvalue weighted by atomic mass is 10.1. The minimum atomic E-state index is -0.893. The van der Waals surface area contributed by atoms with Crippen molar-refractivity contribution in [2.75, 3.05) is 27.3 Å². The Hall–Kier alpha value is -4.30. The highest BCUT2D eigenvalue weighted by Gasteiger charge is 2.25. The van der Waals surface area contributed by atoms with Crippen molar-refractivity contribution >= 4 is 17.4 Å². The molecule has 1 amide bonds. The molecule has 11 nitrogen and oxygen atoms in total. The van der Waals surface area contributed by atoms with E-state index < -0.39 is 33.6 Å². The van der Waals surface area contributed by atoms with E-state index in [0.717, 1.165) is 24.1 Å². The fourth-order valence-electron chi connectivity index (χ4n) is 2.73. The van der Waals surface area contributed by atoms with E-state index in [0.29, 0.717) is 11.3 Å². The van der Waals surface area contributed by atoms with Crippen molar-refractivity contribution in [3.63, 3.8) is 0 Å². The highest BCUT2D eigenvalue weighted by molar-refractivity contribution is 6.03. The molecule has 0 aromatic heterocycles. The first-order chi connectivity index (χ1) is 15.2. The van der Waals surface area contributed by atoms with Gasteiger partial charge in [0.1, 0.15) is 24.2 Å². The van der Waals surface area contributed by atoms with E-state index >= 15 is 0 Å². The number of nitro groups is 1. The summed E-state index contributed by atoms with van der Waals surface area (Å²) in [6.07, 6.45) is 0. The number of nitrogens with zero attached hydrogens (tertiary/aromatic N) is 3. The highest BCUT2D eigenvalue weighted by atomic mass is 16.6. The van der Waals surface area contributed by atoms with E-state index in [1.807, 2.05) is 0 Å². The summed E-state index contributed by atoms with van der Waals surface area (Å²) >= 11 is 0. The Morgan fingerprint density at radius 3 is 2.56 bits per heavy atom. The normalized spacial score (nSPS) is 11.2. The average Bonchev–Trinajstić information content (AvgIpc) is 2.79. The van der Waals surface area contributed by atoms with Gasteiger partial charge in [-0.1, -0.05) is 18.2 Å². The zero-order valence-corrected chi connectivity index (χ0v) is 17.3. The molecule has 11 heteroatoms. The van der Waals surface area contributed by atoms with Gasteiger partial charge in [-0.3, -0.25) is 14.9 Å². The summed E-state index contributed by atoms with van der Waals surface area (Å²) in [6, 6.07) is 10.3. The first-order valence-corrected chi connectivity index (χ1v) is 9.21. The molecule has 0 aliphatic rings. The van der Waals surface area contributed by atoms with Crippen molar-refractivity contribution in [2.24, 2.45) is 0 Å². The number of hydrogen-bond acceptors (Lipinski definition) is 9. The number of likely N-dealkylation sites (N-methyl/N-ethyl adjacent to an activating group) is 1. The van der Waals surface area contributed by atoms with Crippen molar-refractivity contribution in [1.29, 1.82) is 5.26 Å². The predicted octanol–water partition coefficient (Wildman–Crippen LogP) is 2.13. The van der Waals surface area contributed by atoms with Gasteiger partial charge in [-0.25, -0.2) is 0 Å². The number of phenols is 1. The number of phenolic OH excluding ortho intramolecular Hbond substituents is 1. The van der Waals surface area contributed by atoms with E-state index in [1.54, 1.807) is 30.3 Å². The second-order valence-corrected chi connectivity index (χ2v) is 6.48. The van der Waals surface area contributed by atoms with Crippen molar-refractivity contribution < 1.29 is 34.5 Å². The standard InChI is InChI=1S/C21H21N3O8/c1-23(7-8-32-17-6-4-3-5-13(17)12-25)21(28)15(11-22)19(26)14-9-16(24(29)30)20(27)18(10-14)31-2/h3-6,9-10,25-27H,7-8,12H2,1-2H3/b19-15-. The fraction of sp³-hybridized carbons (Fsp3) is 0.238. The summed E-state index contributed by atoms with van der Waals surface area (Å²) in [5, 5.41) is 50.2. The number of nitriles is 1. The Morgan fingerprint density at radius 2 is 1.97 bits per heavy atom. The van der Waals surface area contributed by atoms with Crippen LogP contribution in [0, 0.1) is 21.4 Å². The lowest BCUT2D eigenvalue weighted by Gasteiger charge is -2.18. The van der Waals surface area contributed by atoms with Crippen LogP contribution in [-0.2, 0) is 11.4 Å². The minimum absolute atomic E-state index is 0.0378. The molecule has 0 saturated carbocycles. The zero-order valence-electron chi connectivity index (χ0n) is 17.3. The summed E-state index contributed by atoms with van der Waals surface area (Å²) in [5.41, 5.74) is -1.11. The zero-order chi connectivity index (χ0) is 23.8. The number of nitro benzene ring substituents is 1. The summed E-state index contributed by atoms with van der Waals surface area (Å²) in [7, 11) is 2.54. The van der Waals surface area contributed by atoms with Gasteiger partial charge in [0.05, 0.1) is 25.2 Å². The molecule has 0 radical (unpaired) electrons. The number of para-hydroxylation sites is 1. The molecule has 32 heavy (non-hydrogen) atoms. The summed E-state index contributed by atoms with van der Waals surface area (Å²) in [4.78, 5) is 24.1. The molecule has 0 bridgehead atoms. The Labute approximate surface area is 183 Å². The van der Waals surface area contributed by atoms with Crippen molar-refractivity contribution in [3.05, 3.63) is 63.2 Å². The molecule has 0 aliphatic carbocycles. The van der Waals surface area contributed by atoms with E-state index in [9.17, 15) is 35.5 Å². The van der Waals surface area contributed by atoms with Crippen LogP contribution in [0.25, 0.3) is 5.76 Å². The number of rotatable bonds is 9. The van der Waals surface area contributed by atoms with Gasteiger partial charge in [-0.2, -0.15) is 5.26 Å². The molecule has 2 aromatic carbocycles. The Morgan fingerprint density at radius 1 is 1.28 bits per heavy atom. The molecule has 0 fully saturated rings. The van der Waals surface area contributed by atoms with Gasteiger partial charge in [-0.15, -0.1) is 0 Å². The van der Waals surface area contributed by atoms with Crippen LogP contribution in [0.1, 0.15) is 11.1 Å². The van der Waals surface area contributed by atoms with Gasteiger partial charge >= 0.3 is 5.69 Å². The number of aliphatic hydroxyl groups is 2. The largest absolute Gasteiger partial charge is 0.506 e. The van der Waals surface area contributed by atoms with Crippen LogP contribution in [0.4, 0.5) is 5.69 Å². The number of ether oxygens (including phenoxy) is 2. The second kappa shape index (κ2) is 10.6. The van der Waals surface area contributed by atoms with Crippen LogP contribution >= 0.6 is 0 Å². The molecule has 0 saturated heterocycles. The Balaban J connectivity index is 2.24. The Bertz CT molecular complexity index is 1090. The van der Waals surface area contributed by atoms with E-state index in [4.69, 9.17) is 9.47 Å². The van der Waals surface area contributed by atoms with Crippen molar-refractivity contribution in [2.45, 2.75) is 6.61 Å². The number of amides is 1. The van der Waals surface area contributed by atoms with Gasteiger partial charge in [0.15, 0.2) is 11.3 Å². The average molecular weight is 443 g/mol. The smallest absolute Gasteiger partial charge is 0.315 e. The Kier molecular flexibility index (Phi) is 7.98. The number of benzene rings is 2. The SMILES string of the molecule is COc1cc(/C(O)=C(\C#N)C(=O)N(C)CCOc2ccccc2CO)cc([N+](=O)[O-])c1O. The molecule has 0 unspecified atom stereocenters. The number of hydrogen-bond donors (Lipinski definition) is 3. The maximum atomic E-state index is 12.7. The maximum Gasteiger partial charge on any atom is 0.315 e. The molecule has 3 N–H and O–H groups in total. The van der Waals surface area contributed by atoms with Gasteiger partial charge in [0.25, 0.3) is 5.91 Å². The quantitative estimate of drug-likeness (QED) is 0.173. The number of aliphatic hydroxyl groups excluding tert-OH is 2. The molecule has 0 heterocycles. The van der Waals surface area contributed by atoms with E-state index in [-0.39, 0.29) is 31.1 Å². The predicted molar refractivity (Wildman–Crippen MR) is 112 cm³/mol. The fourth-order valence-corrected chi connectivity index (χ4v) is 2.73. The molecule has 0 spiro atoms. The number of aromatic hydroxyl groups is 1. The highest BCUT2D eigenvalue weighted by Crippen LogP contribution is 2.38. The number of carbonyl (C=O) groups is 1. The summed E-state index contributed by atoms with van der Waals surface area (Å²) in [6.45, 7) is -0.143.